The Balaban J connectivity index is 1.29. The van der Waals surface area contributed by atoms with Gasteiger partial charge in [0, 0.05) is 12.1 Å². The van der Waals surface area contributed by atoms with Gasteiger partial charge in [-0.25, -0.2) is 0 Å². The van der Waals surface area contributed by atoms with E-state index < -0.39 is 0 Å². The van der Waals surface area contributed by atoms with E-state index >= 15 is 0 Å². The number of amides is 1. The van der Waals surface area contributed by atoms with E-state index in [2.05, 4.69) is 27.8 Å². The fourth-order valence-electron chi connectivity index (χ4n) is 4.25. The molecule has 0 aliphatic carbocycles. The molecule has 3 heterocycles. The number of hydrogen-bond donors (Lipinski definition) is 1. The van der Waals surface area contributed by atoms with Crippen LogP contribution in [0.3, 0.4) is 0 Å². The number of likely N-dealkylation sites (tertiary alicyclic amines) is 1. The van der Waals surface area contributed by atoms with Crippen LogP contribution in [0.1, 0.15) is 40.3 Å². The number of benzene rings is 2. The van der Waals surface area contributed by atoms with Crippen molar-refractivity contribution in [2.45, 2.75) is 30.0 Å². The largest absolute Gasteiger partial charge is 0.468 e. The normalized spacial score (nSPS) is 17.7. The van der Waals surface area contributed by atoms with Crippen LogP contribution < -0.4 is 5.48 Å². The molecule has 2 aromatic heterocycles. The topological polar surface area (TPSA) is 93.6 Å². The number of hydrogen-bond acceptors (Lipinski definition) is 8. The van der Waals surface area contributed by atoms with Crippen molar-refractivity contribution in [2.24, 2.45) is 0 Å². The molecule has 0 saturated carbocycles. The summed E-state index contributed by atoms with van der Waals surface area (Å²) in [5.41, 5.74) is 5.75. The minimum absolute atomic E-state index is 0.0405. The lowest BCUT2D eigenvalue weighted by Crippen LogP contribution is -2.35. The van der Waals surface area contributed by atoms with Crippen LogP contribution in [0.4, 0.5) is 0 Å². The molecule has 0 bridgehead atoms. The van der Waals surface area contributed by atoms with Crippen LogP contribution in [-0.2, 0) is 16.3 Å². The molecule has 1 unspecified atom stereocenters. The van der Waals surface area contributed by atoms with Crippen LogP contribution in [0.15, 0.2) is 81.9 Å². The molecule has 35 heavy (non-hydrogen) atoms. The Hall–Kier alpha value is -3.40. The maximum absolute atomic E-state index is 13.5. The van der Waals surface area contributed by atoms with Crippen molar-refractivity contribution in [1.29, 1.82) is 0 Å². The molecule has 0 spiro atoms. The third-order valence-corrected chi connectivity index (χ3v) is 6.86. The fraction of sp³-hybridized carbons (Fsp3) is 0.269. The first-order valence-corrected chi connectivity index (χ1v) is 12.5. The van der Waals surface area contributed by atoms with Gasteiger partial charge in [-0.1, -0.05) is 47.6 Å². The minimum Gasteiger partial charge on any atom is -0.468 e. The molecular weight excluding hydrogens is 464 g/mol. The van der Waals surface area contributed by atoms with Crippen LogP contribution in [0.25, 0.3) is 11.1 Å². The Morgan fingerprint density at radius 2 is 1.89 bits per heavy atom. The van der Waals surface area contributed by atoms with Gasteiger partial charge >= 0.3 is 0 Å². The molecule has 1 aliphatic rings. The quantitative estimate of drug-likeness (QED) is 0.332. The maximum Gasteiger partial charge on any atom is 0.254 e. The zero-order valence-corrected chi connectivity index (χ0v) is 20.1. The van der Waals surface area contributed by atoms with Gasteiger partial charge < -0.3 is 18.7 Å². The molecule has 180 valence electrons. The molecule has 5 rings (SSSR count). The lowest BCUT2D eigenvalue weighted by molar-refractivity contribution is 0.0589. The Morgan fingerprint density at radius 1 is 1.09 bits per heavy atom. The summed E-state index contributed by atoms with van der Waals surface area (Å²) in [6, 6.07) is 21.2. The van der Waals surface area contributed by atoms with E-state index in [1.807, 2.05) is 54.6 Å². The molecule has 1 fully saturated rings. The molecule has 2 aromatic carbocycles. The molecule has 0 radical (unpaired) electrons. The van der Waals surface area contributed by atoms with E-state index in [9.17, 15) is 4.79 Å². The Morgan fingerprint density at radius 3 is 2.63 bits per heavy atom. The van der Waals surface area contributed by atoms with E-state index in [1.54, 1.807) is 30.0 Å². The third-order valence-electron chi connectivity index (χ3n) is 5.91. The molecule has 4 aromatic rings. The predicted octanol–water partition coefficient (Wildman–Crippen LogP) is 4.87. The third kappa shape index (κ3) is 5.48. The first-order valence-electron chi connectivity index (χ1n) is 11.4. The van der Waals surface area contributed by atoms with Crippen molar-refractivity contribution in [2.75, 3.05) is 13.7 Å². The Labute approximate surface area is 207 Å². The van der Waals surface area contributed by atoms with Crippen LogP contribution >= 0.6 is 11.8 Å². The van der Waals surface area contributed by atoms with Gasteiger partial charge in [-0.05, 0) is 41.8 Å². The number of furan rings is 1. The second kappa shape index (κ2) is 10.9. The Kier molecular flexibility index (Phi) is 7.27. The van der Waals surface area contributed by atoms with Crippen LogP contribution in [0, 0.1) is 0 Å². The summed E-state index contributed by atoms with van der Waals surface area (Å²) in [6.45, 7) is 0.475. The summed E-state index contributed by atoms with van der Waals surface area (Å²) in [6.07, 6.45) is 2.27. The van der Waals surface area contributed by atoms with E-state index in [-0.39, 0.29) is 18.0 Å². The van der Waals surface area contributed by atoms with E-state index in [0.29, 0.717) is 36.0 Å². The van der Waals surface area contributed by atoms with Crippen molar-refractivity contribution in [3.63, 3.8) is 0 Å². The summed E-state index contributed by atoms with van der Waals surface area (Å²) >= 11 is 1.64. The van der Waals surface area contributed by atoms with Gasteiger partial charge in [-0.15, -0.1) is 11.8 Å². The number of rotatable bonds is 9. The van der Waals surface area contributed by atoms with Crippen molar-refractivity contribution in [1.82, 2.24) is 20.5 Å². The summed E-state index contributed by atoms with van der Waals surface area (Å²) in [4.78, 5) is 25.0. The summed E-state index contributed by atoms with van der Waals surface area (Å²) in [5, 5.41) is 4.14. The first-order chi connectivity index (χ1) is 17.2. The van der Waals surface area contributed by atoms with E-state index in [4.69, 9.17) is 13.8 Å². The zero-order valence-electron chi connectivity index (χ0n) is 19.3. The lowest BCUT2D eigenvalue weighted by Gasteiger charge is -2.22. The Bertz CT molecular complexity index is 1230. The highest BCUT2D eigenvalue weighted by atomic mass is 32.2. The summed E-state index contributed by atoms with van der Waals surface area (Å²) < 4.78 is 11.0. The average molecular weight is 491 g/mol. The van der Waals surface area contributed by atoms with Crippen molar-refractivity contribution < 1.29 is 18.6 Å². The minimum atomic E-state index is -0.333. The van der Waals surface area contributed by atoms with E-state index in [0.717, 1.165) is 22.6 Å². The molecule has 1 saturated heterocycles. The highest BCUT2D eigenvalue weighted by molar-refractivity contribution is 7.97. The molecule has 2 atom stereocenters. The molecule has 8 nitrogen and oxygen atoms in total. The van der Waals surface area contributed by atoms with Gasteiger partial charge in [0.05, 0.1) is 30.9 Å². The molecule has 9 heteroatoms. The first kappa shape index (κ1) is 23.3. The van der Waals surface area contributed by atoms with Crippen LogP contribution in [0.5, 0.6) is 0 Å². The lowest BCUT2D eigenvalue weighted by atomic mass is 10.0. The van der Waals surface area contributed by atoms with Gasteiger partial charge in [0.25, 0.3) is 5.91 Å². The monoisotopic (exact) mass is 490 g/mol. The molecule has 1 aliphatic heterocycles. The smallest absolute Gasteiger partial charge is 0.254 e. The van der Waals surface area contributed by atoms with Gasteiger partial charge in [-0.2, -0.15) is 10.5 Å². The van der Waals surface area contributed by atoms with Crippen molar-refractivity contribution >= 4 is 17.7 Å². The van der Waals surface area contributed by atoms with E-state index in [1.165, 1.54) is 0 Å². The summed E-state index contributed by atoms with van der Waals surface area (Å²) in [5.74, 6) is 3.17. The molecule has 1 N–H and O–H groups in total. The highest BCUT2D eigenvalue weighted by Crippen LogP contribution is 2.33. The highest BCUT2D eigenvalue weighted by Gasteiger charge is 2.40. The molecule has 1 amide bonds. The maximum atomic E-state index is 13.5. The number of aromatic nitrogens is 2. The fourth-order valence-corrected chi connectivity index (χ4v) is 5.01. The standard InChI is InChI=1S/C26H26N4O4S/c1-32-28-21-14-23(25-27-24(29-34-25)17-35-16-22-8-5-13-33-22)30(15-21)26(31)20-11-9-19(10-12-20)18-6-3-2-4-7-18/h2-13,21,23,28H,14-17H2,1H3/t21?,23-/m0/s1. The number of nitrogens with zero attached hydrogens (tertiary/aromatic N) is 3. The van der Waals surface area contributed by atoms with Crippen LogP contribution in [-0.4, -0.2) is 40.6 Å². The second-order valence-electron chi connectivity index (χ2n) is 8.29. The number of carbonyl (C=O) groups excluding carboxylic acids is 1. The van der Waals surface area contributed by atoms with Gasteiger partial charge in [0.2, 0.25) is 5.89 Å². The number of carbonyl (C=O) groups is 1. The number of thioether (sulfide) groups is 1. The zero-order chi connectivity index (χ0) is 24.0. The second-order valence-corrected chi connectivity index (χ2v) is 9.28. The average Bonchev–Trinajstić information content (AvgIpc) is 3.66. The van der Waals surface area contributed by atoms with Gasteiger partial charge in [0.15, 0.2) is 5.82 Å². The van der Waals surface area contributed by atoms with Crippen molar-refractivity contribution in [3.8, 4) is 11.1 Å². The summed E-state index contributed by atoms with van der Waals surface area (Å²) in [7, 11) is 1.57. The number of nitrogens with one attached hydrogen (secondary N) is 1. The van der Waals surface area contributed by atoms with Gasteiger partial charge in [0.1, 0.15) is 11.8 Å². The molecular formula is C26H26N4O4S. The predicted molar refractivity (Wildman–Crippen MR) is 132 cm³/mol. The number of hydroxylamine groups is 1. The SMILES string of the molecule is CONC1C[C@@H](c2nc(CSCc3ccco3)no2)N(C(=O)c2ccc(-c3ccccc3)cc2)C1. The van der Waals surface area contributed by atoms with Crippen LogP contribution in [0.2, 0.25) is 0 Å². The van der Waals surface area contributed by atoms with Crippen molar-refractivity contribution in [3.05, 3.63) is 96.0 Å². The van der Waals surface area contributed by atoms with Gasteiger partial charge in [-0.3, -0.25) is 4.79 Å².